The van der Waals surface area contributed by atoms with Crippen molar-refractivity contribution in [2.45, 2.75) is 51.0 Å². The fourth-order valence-electron chi connectivity index (χ4n) is 6.12. The number of hydrogen-bond donors (Lipinski definition) is 0. The number of carbonyl (C=O) groups is 1. The largest absolute Gasteiger partial charge is 0.467 e. The summed E-state index contributed by atoms with van der Waals surface area (Å²) in [6, 6.07) is 14.3. The zero-order valence-electron chi connectivity index (χ0n) is 20.6. The van der Waals surface area contributed by atoms with Gasteiger partial charge in [-0.25, -0.2) is 9.78 Å². The lowest BCUT2D eigenvalue weighted by Gasteiger charge is -2.37. The van der Waals surface area contributed by atoms with Gasteiger partial charge in [0.2, 0.25) is 0 Å². The van der Waals surface area contributed by atoms with Gasteiger partial charge in [0, 0.05) is 23.2 Å². The molecule has 2 saturated heterocycles. The second-order valence-electron chi connectivity index (χ2n) is 9.95. The average molecular weight is 512 g/mol. The van der Waals surface area contributed by atoms with Crippen molar-refractivity contribution in [1.29, 1.82) is 5.26 Å². The van der Waals surface area contributed by atoms with Crippen LogP contribution < -0.4 is 9.47 Å². The number of hydrogen-bond acceptors (Lipinski definition) is 8. The third kappa shape index (κ3) is 3.91. The molecular formula is C28H25N5O5. The van der Waals surface area contributed by atoms with E-state index in [1.807, 2.05) is 23.1 Å². The summed E-state index contributed by atoms with van der Waals surface area (Å²) in [5.74, 6) is 1.69. The number of piperidine rings is 1. The predicted molar refractivity (Wildman–Crippen MR) is 133 cm³/mol. The summed E-state index contributed by atoms with van der Waals surface area (Å²) in [4.78, 5) is 19.2. The minimum absolute atomic E-state index is 0.00804. The number of amides is 1. The van der Waals surface area contributed by atoms with Gasteiger partial charge < -0.3 is 23.8 Å². The number of ether oxygens (including phenoxy) is 4. The summed E-state index contributed by atoms with van der Waals surface area (Å²) in [7, 11) is 0. The number of rotatable bonds is 2. The van der Waals surface area contributed by atoms with E-state index in [0.717, 1.165) is 59.4 Å². The highest BCUT2D eigenvalue weighted by Crippen LogP contribution is 2.44. The molecule has 38 heavy (non-hydrogen) atoms. The molecule has 0 N–H and O–H groups in total. The Hall–Kier alpha value is -4.20. The molecule has 10 heteroatoms. The van der Waals surface area contributed by atoms with Crippen LogP contribution >= 0.6 is 0 Å². The number of benzene rings is 2. The molecule has 0 radical (unpaired) electrons. The maximum absolute atomic E-state index is 13.3. The Kier molecular flexibility index (Phi) is 5.60. The van der Waals surface area contributed by atoms with E-state index in [-0.39, 0.29) is 37.5 Å². The van der Waals surface area contributed by atoms with Gasteiger partial charge in [0.1, 0.15) is 23.9 Å². The minimum atomic E-state index is -0.224. The van der Waals surface area contributed by atoms with E-state index in [1.165, 1.54) is 22.2 Å². The van der Waals surface area contributed by atoms with Crippen LogP contribution in [-0.4, -0.2) is 51.4 Å². The Labute approximate surface area is 219 Å². The topological polar surface area (TPSA) is 112 Å². The zero-order chi connectivity index (χ0) is 25.6. The molecular weight excluding hydrogens is 486 g/mol. The van der Waals surface area contributed by atoms with E-state index in [0.29, 0.717) is 13.2 Å². The molecule has 5 heterocycles. The molecule has 4 aliphatic rings. The van der Waals surface area contributed by atoms with Crippen molar-refractivity contribution in [3.63, 3.8) is 0 Å². The molecule has 0 aliphatic carbocycles. The Morgan fingerprint density at radius 3 is 2.08 bits per heavy atom. The van der Waals surface area contributed by atoms with Gasteiger partial charge in [0.05, 0.1) is 13.2 Å². The summed E-state index contributed by atoms with van der Waals surface area (Å²) in [5.41, 5.74) is 6.72. The van der Waals surface area contributed by atoms with Crippen molar-refractivity contribution in [2.75, 3.05) is 13.6 Å². The Bertz CT molecular complexity index is 1430. The zero-order valence-corrected chi connectivity index (χ0v) is 20.6. The molecule has 1 aromatic heterocycles. The fourth-order valence-corrected chi connectivity index (χ4v) is 6.12. The Morgan fingerprint density at radius 2 is 1.53 bits per heavy atom. The Morgan fingerprint density at radius 1 is 0.921 bits per heavy atom. The van der Waals surface area contributed by atoms with Crippen LogP contribution in [0.4, 0.5) is 4.79 Å². The maximum Gasteiger partial charge on any atom is 0.346 e. The summed E-state index contributed by atoms with van der Waals surface area (Å²) in [5, 5.41) is 13.1. The second kappa shape index (κ2) is 9.28. The van der Waals surface area contributed by atoms with E-state index < -0.39 is 0 Å². The van der Waals surface area contributed by atoms with Gasteiger partial charge in [-0.15, -0.1) is 5.10 Å². The first-order valence-electron chi connectivity index (χ1n) is 12.7. The molecule has 2 aromatic carbocycles. The van der Waals surface area contributed by atoms with Crippen molar-refractivity contribution in [1.82, 2.24) is 19.7 Å². The quantitative estimate of drug-likeness (QED) is 0.508. The van der Waals surface area contributed by atoms with Gasteiger partial charge in [0.25, 0.3) is 5.82 Å². The first kappa shape index (κ1) is 23.0. The minimum Gasteiger partial charge on any atom is -0.467 e. The average Bonchev–Trinajstić information content (AvgIpc) is 3.55. The van der Waals surface area contributed by atoms with Crippen LogP contribution in [0.1, 0.15) is 53.8 Å². The van der Waals surface area contributed by atoms with E-state index in [1.54, 1.807) is 0 Å². The van der Waals surface area contributed by atoms with Gasteiger partial charge in [-0.05, 0) is 66.6 Å². The lowest BCUT2D eigenvalue weighted by atomic mass is 9.84. The van der Waals surface area contributed by atoms with Crippen molar-refractivity contribution in [3.05, 3.63) is 76.4 Å². The van der Waals surface area contributed by atoms with Crippen LogP contribution in [0.2, 0.25) is 0 Å². The third-order valence-electron chi connectivity index (χ3n) is 7.76. The molecule has 2 bridgehead atoms. The summed E-state index contributed by atoms with van der Waals surface area (Å²) >= 11 is 0. The number of carbonyl (C=O) groups excluding carboxylic acids is 1. The standard InChI is InChI=1S/C28H25N5O5/c29-11-26-30-14-32(31-26)28(34)33-22-3-4-23(33)10-19(9-22)27(17-1-5-24-20(7-17)12-35-15-37-24)18-2-6-25-21(8-18)13-36-16-38-25/h1-2,5-8,14,22-23H,3-4,9-10,12-13,15-16H2. The Balaban J connectivity index is 1.29. The van der Waals surface area contributed by atoms with Gasteiger partial charge in [-0.2, -0.15) is 9.94 Å². The van der Waals surface area contributed by atoms with Crippen molar-refractivity contribution in [3.8, 4) is 17.6 Å². The highest BCUT2D eigenvalue weighted by molar-refractivity contribution is 5.84. The number of fused-ring (bicyclic) bond motifs is 4. The summed E-state index contributed by atoms with van der Waals surface area (Å²) in [6.45, 7) is 1.54. The smallest absolute Gasteiger partial charge is 0.346 e. The first-order chi connectivity index (χ1) is 18.7. The van der Waals surface area contributed by atoms with Gasteiger partial charge in [-0.3, -0.25) is 0 Å². The van der Waals surface area contributed by atoms with Crippen LogP contribution in [0.5, 0.6) is 11.5 Å². The lowest BCUT2D eigenvalue weighted by Crippen LogP contribution is -2.47. The predicted octanol–water partition coefficient (Wildman–Crippen LogP) is 3.98. The maximum atomic E-state index is 13.3. The van der Waals surface area contributed by atoms with E-state index >= 15 is 0 Å². The molecule has 2 fully saturated rings. The van der Waals surface area contributed by atoms with Gasteiger partial charge >= 0.3 is 6.03 Å². The molecule has 1 amide bonds. The van der Waals surface area contributed by atoms with Crippen molar-refractivity contribution >= 4 is 11.6 Å². The van der Waals surface area contributed by atoms with Crippen molar-refractivity contribution in [2.24, 2.45) is 0 Å². The van der Waals surface area contributed by atoms with E-state index in [4.69, 9.17) is 24.2 Å². The van der Waals surface area contributed by atoms with Crippen LogP contribution in [0.3, 0.4) is 0 Å². The van der Waals surface area contributed by atoms with Crippen LogP contribution in [0, 0.1) is 11.3 Å². The fraction of sp³-hybridized carbons (Fsp3) is 0.357. The highest BCUT2D eigenvalue weighted by Gasteiger charge is 2.43. The van der Waals surface area contributed by atoms with Crippen LogP contribution in [0.15, 0.2) is 48.3 Å². The molecule has 7 rings (SSSR count). The molecule has 0 spiro atoms. The number of nitrogens with zero attached hydrogens (tertiary/aromatic N) is 5. The van der Waals surface area contributed by atoms with Gasteiger partial charge in [0.15, 0.2) is 13.6 Å². The second-order valence-corrected chi connectivity index (χ2v) is 9.95. The summed E-state index contributed by atoms with van der Waals surface area (Å²) in [6.07, 6.45) is 4.68. The molecule has 0 saturated carbocycles. The van der Waals surface area contributed by atoms with Crippen LogP contribution in [-0.2, 0) is 22.7 Å². The monoisotopic (exact) mass is 511 g/mol. The highest BCUT2D eigenvalue weighted by atomic mass is 16.7. The molecule has 4 aliphatic heterocycles. The van der Waals surface area contributed by atoms with Crippen molar-refractivity contribution < 1.29 is 23.7 Å². The van der Waals surface area contributed by atoms with E-state index in [9.17, 15) is 4.79 Å². The van der Waals surface area contributed by atoms with E-state index in [2.05, 4.69) is 34.3 Å². The summed E-state index contributed by atoms with van der Waals surface area (Å²) < 4.78 is 23.6. The normalized spacial score (nSPS) is 21.6. The number of nitriles is 1. The molecule has 2 atom stereocenters. The number of aromatic nitrogens is 3. The van der Waals surface area contributed by atoms with Crippen LogP contribution in [0.25, 0.3) is 5.57 Å². The molecule has 192 valence electrons. The molecule has 2 unspecified atom stereocenters. The molecule has 3 aromatic rings. The SMILES string of the molecule is N#Cc1ncn(C(=O)N2C3CCC2CC(=C(c2ccc4c(c2)COCO4)c2ccc4c(c2)COCO4)C3)n1. The third-order valence-corrected chi connectivity index (χ3v) is 7.76. The lowest BCUT2D eigenvalue weighted by molar-refractivity contribution is -0.0164. The van der Waals surface area contributed by atoms with Gasteiger partial charge in [-0.1, -0.05) is 17.7 Å². The molecule has 10 nitrogen and oxygen atoms in total. The first-order valence-corrected chi connectivity index (χ1v) is 12.7.